The molecule has 7 nitrogen and oxygen atoms in total. The number of likely N-dealkylation sites (tertiary alicyclic amines) is 1. The van der Waals surface area contributed by atoms with Gasteiger partial charge < -0.3 is 10.2 Å². The Morgan fingerprint density at radius 2 is 2.00 bits per heavy atom. The minimum atomic E-state index is -3.45. The Kier molecular flexibility index (Phi) is 4.79. The monoisotopic (exact) mass is 313 g/mol. The van der Waals surface area contributed by atoms with Crippen LogP contribution in [0.2, 0.25) is 0 Å². The van der Waals surface area contributed by atoms with Crippen molar-refractivity contribution in [3.05, 3.63) is 28.3 Å². The maximum absolute atomic E-state index is 11.5. The minimum absolute atomic E-state index is 0.0423. The van der Waals surface area contributed by atoms with Gasteiger partial charge in [-0.05, 0) is 38.1 Å². The fourth-order valence-corrected chi connectivity index (χ4v) is 3.04. The molecule has 8 heteroatoms. The SMILES string of the molecule is CS(=O)(=O)c1ccc(NCCN2CCCC2)c([N+](=O)[O-])c1. The summed E-state index contributed by atoms with van der Waals surface area (Å²) in [7, 11) is -3.45. The first-order chi connectivity index (χ1) is 9.88. The highest BCUT2D eigenvalue weighted by atomic mass is 32.2. The molecule has 1 aliphatic heterocycles. The number of nitro groups is 1. The number of nitrogens with zero attached hydrogens (tertiary/aromatic N) is 2. The van der Waals surface area contributed by atoms with Gasteiger partial charge in [0.1, 0.15) is 5.69 Å². The highest BCUT2D eigenvalue weighted by molar-refractivity contribution is 7.90. The van der Waals surface area contributed by atoms with E-state index in [-0.39, 0.29) is 10.6 Å². The van der Waals surface area contributed by atoms with Crippen LogP contribution in [0.5, 0.6) is 0 Å². The van der Waals surface area contributed by atoms with E-state index >= 15 is 0 Å². The second-order valence-corrected chi connectivity index (χ2v) is 7.20. The van der Waals surface area contributed by atoms with Gasteiger partial charge >= 0.3 is 0 Å². The molecule has 116 valence electrons. The van der Waals surface area contributed by atoms with Gasteiger partial charge in [0.05, 0.1) is 9.82 Å². The molecule has 1 N–H and O–H groups in total. The summed E-state index contributed by atoms with van der Waals surface area (Å²) < 4.78 is 22.9. The molecule has 0 spiro atoms. The van der Waals surface area contributed by atoms with E-state index in [1.807, 2.05) is 0 Å². The molecule has 0 aromatic heterocycles. The second kappa shape index (κ2) is 6.40. The number of rotatable bonds is 6. The molecular weight excluding hydrogens is 294 g/mol. The van der Waals surface area contributed by atoms with Gasteiger partial charge in [0.25, 0.3) is 5.69 Å². The first-order valence-corrected chi connectivity index (χ1v) is 8.72. The molecule has 21 heavy (non-hydrogen) atoms. The second-order valence-electron chi connectivity index (χ2n) is 5.18. The van der Waals surface area contributed by atoms with E-state index in [0.717, 1.165) is 32.0 Å². The molecule has 0 bridgehead atoms. The quantitative estimate of drug-likeness (QED) is 0.632. The third-order valence-corrected chi connectivity index (χ3v) is 4.65. The van der Waals surface area contributed by atoms with E-state index in [0.29, 0.717) is 12.2 Å². The summed E-state index contributed by atoms with van der Waals surface area (Å²) in [5, 5.41) is 14.1. The van der Waals surface area contributed by atoms with E-state index in [1.165, 1.54) is 25.0 Å². The average molecular weight is 313 g/mol. The van der Waals surface area contributed by atoms with Crippen molar-refractivity contribution in [2.75, 3.05) is 37.8 Å². The predicted octanol–water partition coefficient (Wildman–Crippen LogP) is 1.51. The Balaban J connectivity index is 2.09. The maximum Gasteiger partial charge on any atom is 0.293 e. The molecular formula is C13H19N3O4S. The van der Waals surface area contributed by atoms with Crippen LogP contribution in [0.3, 0.4) is 0 Å². The van der Waals surface area contributed by atoms with Crippen molar-refractivity contribution in [2.24, 2.45) is 0 Å². The normalized spacial score (nSPS) is 16.0. The zero-order valence-corrected chi connectivity index (χ0v) is 12.7. The van der Waals surface area contributed by atoms with Crippen LogP contribution in [-0.4, -0.2) is 50.7 Å². The molecule has 0 saturated carbocycles. The summed E-state index contributed by atoms with van der Waals surface area (Å²) in [6.07, 6.45) is 3.43. The van der Waals surface area contributed by atoms with Gasteiger partial charge in [0, 0.05) is 25.4 Å². The van der Waals surface area contributed by atoms with Gasteiger partial charge in [-0.2, -0.15) is 0 Å². The van der Waals surface area contributed by atoms with E-state index in [1.54, 1.807) is 0 Å². The molecule has 1 aliphatic rings. The minimum Gasteiger partial charge on any atom is -0.378 e. The lowest BCUT2D eigenvalue weighted by Crippen LogP contribution is -2.26. The molecule has 1 aromatic rings. The Hall–Kier alpha value is -1.67. The molecule has 1 aromatic carbocycles. The Bertz CT molecular complexity index is 624. The molecule has 0 aliphatic carbocycles. The van der Waals surface area contributed by atoms with E-state index in [9.17, 15) is 18.5 Å². The topological polar surface area (TPSA) is 92.6 Å². The number of nitrogens with one attached hydrogen (secondary N) is 1. The summed E-state index contributed by atoms with van der Waals surface area (Å²) >= 11 is 0. The largest absolute Gasteiger partial charge is 0.378 e. The third-order valence-electron chi connectivity index (χ3n) is 3.54. The number of sulfone groups is 1. The van der Waals surface area contributed by atoms with Gasteiger partial charge in [-0.15, -0.1) is 0 Å². The number of benzene rings is 1. The van der Waals surface area contributed by atoms with Crippen LogP contribution >= 0.6 is 0 Å². The smallest absolute Gasteiger partial charge is 0.293 e. The summed E-state index contributed by atoms with van der Waals surface area (Å²) in [5.74, 6) is 0. The summed E-state index contributed by atoms with van der Waals surface area (Å²) in [5.41, 5.74) is 0.144. The highest BCUT2D eigenvalue weighted by Gasteiger charge is 2.19. The fraction of sp³-hybridized carbons (Fsp3) is 0.538. The average Bonchev–Trinajstić information content (AvgIpc) is 2.90. The van der Waals surface area contributed by atoms with Gasteiger partial charge in [0.15, 0.2) is 9.84 Å². The first-order valence-electron chi connectivity index (χ1n) is 6.82. The van der Waals surface area contributed by atoms with Crippen LogP contribution in [0.15, 0.2) is 23.1 Å². The summed E-state index contributed by atoms with van der Waals surface area (Å²) in [4.78, 5) is 12.8. The molecule has 2 rings (SSSR count). The van der Waals surface area contributed by atoms with Gasteiger partial charge in [-0.25, -0.2) is 8.42 Å². The first kappa shape index (κ1) is 15.7. The molecule has 1 heterocycles. The van der Waals surface area contributed by atoms with Crippen molar-refractivity contribution in [3.8, 4) is 0 Å². The van der Waals surface area contributed by atoms with Gasteiger partial charge in [-0.3, -0.25) is 10.1 Å². The van der Waals surface area contributed by atoms with Crippen molar-refractivity contribution < 1.29 is 13.3 Å². The van der Waals surface area contributed by atoms with Crippen LogP contribution in [-0.2, 0) is 9.84 Å². The van der Waals surface area contributed by atoms with Crippen molar-refractivity contribution in [1.82, 2.24) is 4.90 Å². The summed E-state index contributed by atoms with van der Waals surface area (Å²) in [6.45, 7) is 3.55. The fourth-order valence-electron chi connectivity index (χ4n) is 2.40. The predicted molar refractivity (Wildman–Crippen MR) is 80.4 cm³/mol. The van der Waals surface area contributed by atoms with Crippen molar-refractivity contribution >= 4 is 21.2 Å². The van der Waals surface area contributed by atoms with Crippen LogP contribution in [0.25, 0.3) is 0 Å². The van der Waals surface area contributed by atoms with Crippen molar-refractivity contribution in [3.63, 3.8) is 0 Å². The number of nitro benzene ring substituents is 1. The molecule has 0 unspecified atom stereocenters. The molecule has 0 atom stereocenters. The zero-order chi connectivity index (χ0) is 15.5. The Morgan fingerprint density at radius 3 is 2.57 bits per heavy atom. The Morgan fingerprint density at radius 1 is 1.33 bits per heavy atom. The lowest BCUT2D eigenvalue weighted by Gasteiger charge is -2.15. The zero-order valence-electron chi connectivity index (χ0n) is 11.9. The van der Waals surface area contributed by atoms with Crippen LogP contribution in [0.1, 0.15) is 12.8 Å². The lowest BCUT2D eigenvalue weighted by atomic mass is 10.2. The number of hydrogen-bond donors (Lipinski definition) is 1. The van der Waals surface area contributed by atoms with Crippen LogP contribution in [0, 0.1) is 10.1 Å². The standard InChI is InChI=1S/C13H19N3O4S/c1-21(19,20)11-4-5-12(13(10-11)16(17)18)14-6-9-15-7-2-3-8-15/h4-5,10,14H,2-3,6-9H2,1H3. The number of anilines is 1. The van der Waals surface area contributed by atoms with Crippen molar-refractivity contribution in [2.45, 2.75) is 17.7 Å². The molecule has 0 amide bonds. The van der Waals surface area contributed by atoms with Crippen molar-refractivity contribution in [1.29, 1.82) is 0 Å². The van der Waals surface area contributed by atoms with Crippen LogP contribution < -0.4 is 5.32 Å². The molecule has 0 radical (unpaired) electrons. The van der Waals surface area contributed by atoms with E-state index in [2.05, 4.69) is 10.2 Å². The maximum atomic E-state index is 11.5. The lowest BCUT2D eigenvalue weighted by molar-refractivity contribution is -0.384. The Labute approximate surface area is 124 Å². The van der Waals surface area contributed by atoms with Gasteiger partial charge in [-0.1, -0.05) is 0 Å². The van der Waals surface area contributed by atoms with Gasteiger partial charge in [0.2, 0.25) is 0 Å². The highest BCUT2D eigenvalue weighted by Crippen LogP contribution is 2.27. The number of hydrogen-bond acceptors (Lipinski definition) is 6. The van der Waals surface area contributed by atoms with Crippen LogP contribution in [0.4, 0.5) is 11.4 Å². The summed E-state index contributed by atoms with van der Waals surface area (Å²) in [6, 6.07) is 3.95. The van der Waals surface area contributed by atoms with E-state index < -0.39 is 14.8 Å². The molecule has 1 fully saturated rings. The third kappa shape index (κ3) is 4.15. The molecule has 1 saturated heterocycles. The van der Waals surface area contributed by atoms with E-state index in [4.69, 9.17) is 0 Å².